The summed E-state index contributed by atoms with van der Waals surface area (Å²) in [5.74, 6) is 0.771. The Morgan fingerprint density at radius 1 is 1.11 bits per heavy atom. The molecule has 6 N–H and O–H groups in total. The van der Waals surface area contributed by atoms with Crippen LogP contribution in [0.5, 0.6) is 0 Å². The van der Waals surface area contributed by atoms with Crippen molar-refractivity contribution in [1.29, 1.82) is 0 Å². The molecule has 0 spiro atoms. The molecule has 14 heteroatoms. The Bertz CT molecular complexity index is 1490. The van der Waals surface area contributed by atoms with Crippen LogP contribution in [0.1, 0.15) is 11.8 Å². The first kappa shape index (κ1) is 23.9. The van der Waals surface area contributed by atoms with Gasteiger partial charge in [0.25, 0.3) is 0 Å². The van der Waals surface area contributed by atoms with E-state index in [2.05, 4.69) is 19.2 Å². The smallest absolute Gasteiger partial charge is 0.333 e. The Morgan fingerprint density at radius 2 is 1.89 bits per heavy atom. The maximum atomic E-state index is 11.1. The van der Waals surface area contributed by atoms with Gasteiger partial charge in [-0.15, -0.1) is 0 Å². The lowest BCUT2D eigenvalue weighted by atomic mass is 10.1. The Morgan fingerprint density at radius 3 is 2.69 bits per heavy atom. The SMILES string of the molecule is Nc1ncnc2c1c(SCc1cccc3ccccc13)nn2[C@@H]1O[C@H](COS(N)(=O)=O)[C@@H](O)[C@H]1O. The van der Waals surface area contributed by atoms with Crippen molar-refractivity contribution < 1.29 is 27.6 Å². The van der Waals surface area contributed by atoms with Crippen molar-refractivity contribution in [2.24, 2.45) is 5.14 Å². The molecular weight excluding hydrogens is 496 g/mol. The molecule has 1 saturated heterocycles. The number of anilines is 1. The molecule has 5 rings (SSSR count). The van der Waals surface area contributed by atoms with E-state index in [1.165, 1.54) is 22.8 Å². The first-order valence-corrected chi connectivity index (χ1v) is 13.0. The van der Waals surface area contributed by atoms with Crippen LogP contribution < -0.4 is 10.9 Å². The van der Waals surface area contributed by atoms with Gasteiger partial charge in [-0.2, -0.15) is 13.5 Å². The highest BCUT2D eigenvalue weighted by molar-refractivity contribution is 7.98. The van der Waals surface area contributed by atoms with Crippen LogP contribution in [0.4, 0.5) is 5.82 Å². The van der Waals surface area contributed by atoms with Gasteiger partial charge in [-0.05, 0) is 16.3 Å². The molecule has 184 valence electrons. The summed E-state index contributed by atoms with van der Waals surface area (Å²) in [5.41, 5.74) is 7.53. The summed E-state index contributed by atoms with van der Waals surface area (Å²) in [7, 11) is -4.26. The zero-order valence-electron chi connectivity index (χ0n) is 18.1. The van der Waals surface area contributed by atoms with Crippen molar-refractivity contribution in [1.82, 2.24) is 19.7 Å². The lowest BCUT2D eigenvalue weighted by Crippen LogP contribution is -2.35. The summed E-state index contributed by atoms with van der Waals surface area (Å²) in [6.07, 6.45) is -3.98. The van der Waals surface area contributed by atoms with Crippen molar-refractivity contribution in [2.75, 3.05) is 12.3 Å². The fourth-order valence-corrected chi connectivity index (χ4v) is 5.39. The third-order valence-electron chi connectivity index (χ3n) is 5.71. The molecule has 0 saturated carbocycles. The average Bonchev–Trinajstić information content (AvgIpc) is 3.34. The molecule has 3 heterocycles. The summed E-state index contributed by atoms with van der Waals surface area (Å²) < 4.78 is 33.8. The summed E-state index contributed by atoms with van der Waals surface area (Å²) >= 11 is 1.42. The van der Waals surface area contributed by atoms with Crippen LogP contribution in [-0.2, 0) is 25.0 Å². The van der Waals surface area contributed by atoms with E-state index < -0.39 is 41.5 Å². The van der Waals surface area contributed by atoms with E-state index in [0.29, 0.717) is 21.8 Å². The van der Waals surface area contributed by atoms with Crippen molar-refractivity contribution >= 4 is 49.7 Å². The van der Waals surface area contributed by atoms with E-state index in [9.17, 15) is 18.6 Å². The molecule has 4 atom stereocenters. The number of hydrogen-bond acceptors (Lipinski definition) is 11. The first-order chi connectivity index (χ1) is 16.7. The minimum absolute atomic E-state index is 0.198. The highest BCUT2D eigenvalue weighted by Crippen LogP contribution is 2.37. The second-order valence-corrected chi connectivity index (χ2v) is 10.1. The van der Waals surface area contributed by atoms with Crippen molar-refractivity contribution in [2.45, 2.75) is 35.3 Å². The number of rotatable bonds is 7. The number of aromatic nitrogens is 4. The van der Waals surface area contributed by atoms with Gasteiger partial charge in [0.15, 0.2) is 11.9 Å². The predicted octanol–water partition coefficient (Wildman–Crippen LogP) is 0.693. The second kappa shape index (κ2) is 9.31. The maximum absolute atomic E-state index is 11.1. The molecule has 0 radical (unpaired) electrons. The summed E-state index contributed by atoms with van der Waals surface area (Å²) in [5, 5.41) is 33.6. The van der Waals surface area contributed by atoms with Crippen LogP contribution in [0, 0.1) is 0 Å². The monoisotopic (exact) mass is 518 g/mol. The first-order valence-electron chi connectivity index (χ1n) is 10.5. The number of fused-ring (bicyclic) bond motifs is 2. The van der Waals surface area contributed by atoms with E-state index in [0.717, 1.165) is 16.3 Å². The second-order valence-electron chi connectivity index (χ2n) is 7.96. The molecule has 0 unspecified atom stereocenters. The number of thioether (sulfide) groups is 1. The summed E-state index contributed by atoms with van der Waals surface area (Å²) in [4.78, 5) is 8.32. The quantitative estimate of drug-likeness (QED) is 0.252. The zero-order valence-corrected chi connectivity index (χ0v) is 19.8. The van der Waals surface area contributed by atoms with Gasteiger partial charge in [0.1, 0.15) is 35.5 Å². The summed E-state index contributed by atoms with van der Waals surface area (Å²) in [6.45, 7) is -0.577. The van der Waals surface area contributed by atoms with Gasteiger partial charge in [-0.1, -0.05) is 54.2 Å². The fourth-order valence-electron chi connectivity index (χ4n) is 4.04. The lowest BCUT2D eigenvalue weighted by Gasteiger charge is -2.15. The normalized spacial score (nSPS) is 22.8. The lowest BCUT2D eigenvalue weighted by molar-refractivity contribution is -0.0531. The fraction of sp³-hybridized carbons (Fsp3) is 0.286. The van der Waals surface area contributed by atoms with Crippen molar-refractivity contribution in [3.63, 3.8) is 0 Å². The van der Waals surface area contributed by atoms with Crippen LogP contribution in [0.15, 0.2) is 53.8 Å². The predicted molar refractivity (Wildman–Crippen MR) is 128 cm³/mol. The number of hydrogen-bond donors (Lipinski definition) is 4. The van der Waals surface area contributed by atoms with Gasteiger partial charge in [0, 0.05) is 5.75 Å². The van der Waals surface area contributed by atoms with E-state index >= 15 is 0 Å². The summed E-state index contributed by atoms with van der Waals surface area (Å²) in [6, 6.07) is 14.1. The van der Waals surface area contributed by atoms with Crippen molar-refractivity contribution in [3.8, 4) is 0 Å². The van der Waals surface area contributed by atoms with Crippen molar-refractivity contribution in [3.05, 3.63) is 54.4 Å². The van der Waals surface area contributed by atoms with E-state index in [1.807, 2.05) is 42.5 Å². The number of aliphatic hydroxyl groups excluding tert-OH is 2. The molecule has 2 aromatic heterocycles. The van der Waals surface area contributed by atoms with Crippen LogP contribution in [0.2, 0.25) is 0 Å². The number of nitrogen functional groups attached to an aromatic ring is 1. The molecular formula is C21H22N6O6S2. The molecule has 1 fully saturated rings. The van der Waals surface area contributed by atoms with E-state index in [4.69, 9.17) is 15.6 Å². The van der Waals surface area contributed by atoms with Crippen LogP contribution in [-0.4, -0.2) is 63.3 Å². The highest BCUT2D eigenvalue weighted by atomic mass is 32.2. The number of ether oxygens (including phenoxy) is 1. The molecule has 4 aromatic rings. The highest BCUT2D eigenvalue weighted by Gasteiger charge is 2.45. The molecule has 0 bridgehead atoms. The molecule has 0 aliphatic carbocycles. The topological polar surface area (TPSA) is 189 Å². The third kappa shape index (κ3) is 4.69. The van der Waals surface area contributed by atoms with Gasteiger partial charge < -0.3 is 20.7 Å². The number of benzene rings is 2. The van der Waals surface area contributed by atoms with E-state index in [-0.39, 0.29) is 5.82 Å². The van der Waals surface area contributed by atoms with Gasteiger partial charge in [-0.3, -0.25) is 4.18 Å². The number of nitrogens with zero attached hydrogens (tertiary/aromatic N) is 4. The zero-order chi connectivity index (χ0) is 24.7. The minimum Gasteiger partial charge on any atom is -0.387 e. The Balaban J connectivity index is 1.46. The maximum Gasteiger partial charge on any atom is 0.333 e. The Kier molecular flexibility index (Phi) is 6.35. The molecule has 12 nitrogen and oxygen atoms in total. The van der Waals surface area contributed by atoms with Gasteiger partial charge in [-0.25, -0.2) is 19.8 Å². The van der Waals surface area contributed by atoms with Gasteiger partial charge in [0.05, 0.1) is 12.0 Å². The molecule has 1 aliphatic heterocycles. The van der Waals surface area contributed by atoms with Crippen LogP contribution in [0.3, 0.4) is 0 Å². The molecule has 35 heavy (non-hydrogen) atoms. The third-order valence-corrected chi connectivity index (χ3v) is 7.18. The van der Waals surface area contributed by atoms with E-state index in [1.54, 1.807) is 0 Å². The number of nitrogens with two attached hydrogens (primary N) is 2. The van der Waals surface area contributed by atoms with Gasteiger partial charge in [0.2, 0.25) is 0 Å². The standard InChI is InChI=1S/C21H22N6O6S2/c22-18-15-19(25-10-24-18)27(21-17(29)16(28)14(33-21)8-32-35(23,30)31)26-20(15)34-9-12-6-3-5-11-4-1-2-7-13(11)12/h1-7,10,14,16-17,21,28-29H,8-9H2,(H2,22,24,25)(H2,23,30,31)/t14-,16-,17-,21-/m1/s1. The largest absolute Gasteiger partial charge is 0.387 e. The Hall–Kier alpha value is -2.85. The van der Waals surface area contributed by atoms with Crippen LogP contribution >= 0.6 is 11.8 Å². The average molecular weight is 519 g/mol. The number of aliphatic hydroxyl groups is 2. The Labute approximate surface area is 204 Å². The van der Waals surface area contributed by atoms with Gasteiger partial charge >= 0.3 is 10.3 Å². The molecule has 1 aliphatic rings. The van der Waals surface area contributed by atoms with Crippen LogP contribution in [0.25, 0.3) is 21.8 Å². The molecule has 2 aromatic carbocycles. The minimum atomic E-state index is -4.26. The molecule has 0 amide bonds.